The van der Waals surface area contributed by atoms with Crippen LogP contribution in [-0.4, -0.2) is 53.7 Å². The first-order chi connectivity index (χ1) is 7.04. The maximum atomic E-state index is 11.5. The largest absolute Gasteiger partial charge is 0.368 e. The molecule has 0 bridgehead atoms. The first kappa shape index (κ1) is 11.5. The second kappa shape index (κ2) is 4.77. The number of hydrogen-bond donors (Lipinski definition) is 1. The lowest BCUT2D eigenvalue weighted by molar-refractivity contribution is -0.151. The topological polar surface area (TPSA) is 83.7 Å². The molecule has 0 aromatic carbocycles. The van der Waals surface area contributed by atoms with Gasteiger partial charge in [0.05, 0.1) is 13.1 Å². The fourth-order valence-corrected chi connectivity index (χ4v) is 1.51. The number of nitrogens with zero attached hydrogens (tertiary/aromatic N) is 2. The average molecular weight is 213 g/mol. The molecule has 0 atom stereocenters. The molecule has 0 aromatic rings. The maximum absolute atomic E-state index is 11.5. The minimum absolute atomic E-state index is 0.0399. The summed E-state index contributed by atoms with van der Waals surface area (Å²) >= 11 is 0. The Bertz CT molecular complexity index is 290. The van der Waals surface area contributed by atoms with E-state index in [-0.39, 0.29) is 31.4 Å². The van der Waals surface area contributed by atoms with Gasteiger partial charge in [-0.1, -0.05) is 6.92 Å². The van der Waals surface area contributed by atoms with Crippen LogP contribution in [0.4, 0.5) is 0 Å². The van der Waals surface area contributed by atoms with E-state index in [4.69, 9.17) is 5.73 Å². The van der Waals surface area contributed by atoms with E-state index < -0.39 is 5.91 Å². The lowest BCUT2D eigenvalue weighted by Gasteiger charge is -2.32. The Morgan fingerprint density at radius 2 is 1.80 bits per heavy atom. The summed E-state index contributed by atoms with van der Waals surface area (Å²) in [6.07, 6.45) is 0.814. The van der Waals surface area contributed by atoms with Gasteiger partial charge in [0.2, 0.25) is 17.7 Å². The highest BCUT2D eigenvalue weighted by molar-refractivity contribution is 5.94. The van der Waals surface area contributed by atoms with Gasteiger partial charge in [0, 0.05) is 6.54 Å². The Balaban J connectivity index is 2.58. The number of hydrogen-bond acceptors (Lipinski definition) is 3. The van der Waals surface area contributed by atoms with Gasteiger partial charge in [-0.2, -0.15) is 0 Å². The number of primary amides is 1. The summed E-state index contributed by atoms with van der Waals surface area (Å²) in [5, 5.41) is 0. The van der Waals surface area contributed by atoms with Gasteiger partial charge in [-0.05, 0) is 6.42 Å². The van der Waals surface area contributed by atoms with E-state index in [1.165, 1.54) is 9.80 Å². The number of nitrogens with two attached hydrogens (primary N) is 1. The van der Waals surface area contributed by atoms with E-state index in [0.717, 1.165) is 6.42 Å². The van der Waals surface area contributed by atoms with Crippen LogP contribution in [0.25, 0.3) is 0 Å². The molecular formula is C9H15N3O3. The molecule has 1 rings (SSSR count). The minimum atomic E-state index is -0.597. The zero-order valence-electron chi connectivity index (χ0n) is 8.73. The molecule has 6 heteroatoms. The van der Waals surface area contributed by atoms with Crippen molar-refractivity contribution in [1.29, 1.82) is 0 Å². The minimum Gasteiger partial charge on any atom is -0.368 e. The van der Waals surface area contributed by atoms with Crippen molar-refractivity contribution in [1.82, 2.24) is 9.80 Å². The SMILES string of the molecule is CCCN1CC(=O)N(CC(N)=O)CC1=O. The Morgan fingerprint density at radius 3 is 2.33 bits per heavy atom. The van der Waals surface area contributed by atoms with Crippen molar-refractivity contribution >= 4 is 17.7 Å². The fourth-order valence-electron chi connectivity index (χ4n) is 1.51. The van der Waals surface area contributed by atoms with Crippen LogP contribution >= 0.6 is 0 Å². The normalized spacial score (nSPS) is 17.1. The van der Waals surface area contributed by atoms with Gasteiger partial charge in [-0.15, -0.1) is 0 Å². The van der Waals surface area contributed by atoms with Crippen molar-refractivity contribution in [3.05, 3.63) is 0 Å². The molecule has 0 spiro atoms. The summed E-state index contributed by atoms with van der Waals surface area (Å²) < 4.78 is 0. The third-order valence-corrected chi connectivity index (χ3v) is 2.20. The van der Waals surface area contributed by atoms with Crippen LogP contribution in [0.3, 0.4) is 0 Å². The van der Waals surface area contributed by atoms with Gasteiger partial charge in [0.15, 0.2) is 0 Å². The first-order valence-electron chi connectivity index (χ1n) is 4.88. The highest BCUT2D eigenvalue weighted by Gasteiger charge is 2.29. The molecular weight excluding hydrogens is 198 g/mol. The van der Waals surface area contributed by atoms with E-state index >= 15 is 0 Å². The quantitative estimate of drug-likeness (QED) is 0.620. The summed E-state index contributed by atoms with van der Waals surface area (Å²) in [6.45, 7) is 2.36. The molecule has 6 nitrogen and oxygen atoms in total. The first-order valence-corrected chi connectivity index (χ1v) is 4.88. The van der Waals surface area contributed by atoms with Crippen LogP contribution in [0.5, 0.6) is 0 Å². The second-order valence-corrected chi connectivity index (χ2v) is 3.53. The zero-order chi connectivity index (χ0) is 11.4. The van der Waals surface area contributed by atoms with Gasteiger partial charge < -0.3 is 15.5 Å². The van der Waals surface area contributed by atoms with Gasteiger partial charge >= 0.3 is 0 Å². The van der Waals surface area contributed by atoms with Crippen LogP contribution in [0, 0.1) is 0 Å². The Kier molecular flexibility index (Phi) is 3.65. The molecule has 3 amide bonds. The molecule has 0 aromatic heterocycles. The lowest BCUT2D eigenvalue weighted by Crippen LogP contribution is -2.55. The van der Waals surface area contributed by atoms with Crippen molar-refractivity contribution in [3.8, 4) is 0 Å². The van der Waals surface area contributed by atoms with E-state index in [1.54, 1.807) is 0 Å². The molecule has 0 unspecified atom stereocenters. The highest BCUT2D eigenvalue weighted by Crippen LogP contribution is 2.04. The molecule has 84 valence electrons. The predicted molar refractivity (Wildman–Crippen MR) is 52.6 cm³/mol. The summed E-state index contributed by atoms with van der Waals surface area (Å²) in [5.74, 6) is -0.945. The monoisotopic (exact) mass is 213 g/mol. The van der Waals surface area contributed by atoms with Crippen LogP contribution in [0.1, 0.15) is 13.3 Å². The summed E-state index contributed by atoms with van der Waals surface area (Å²) in [5.41, 5.74) is 4.97. The van der Waals surface area contributed by atoms with E-state index in [0.29, 0.717) is 6.54 Å². The molecule has 1 aliphatic rings. The van der Waals surface area contributed by atoms with Crippen LogP contribution < -0.4 is 5.73 Å². The second-order valence-electron chi connectivity index (χ2n) is 3.53. The van der Waals surface area contributed by atoms with Crippen LogP contribution in [0.2, 0.25) is 0 Å². The highest BCUT2D eigenvalue weighted by atomic mass is 16.2. The molecule has 0 saturated carbocycles. The Hall–Kier alpha value is -1.59. The predicted octanol–water partition coefficient (Wildman–Crippen LogP) is -1.45. The fraction of sp³-hybridized carbons (Fsp3) is 0.667. The van der Waals surface area contributed by atoms with Crippen molar-refractivity contribution in [2.75, 3.05) is 26.2 Å². The molecule has 15 heavy (non-hydrogen) atoms. The number of carbonyl (C=O) groups is 3. The van der Waals surface area contributed by atoms with Gasteiger partial charge in [-0.3, -0.25) is 14.4 Å². The van der Waals surface area contributed by atoms with Gasteiger partial charge in [0.1, 0.15) is 6.54 Å². The Labute approximate surface area is 88.0 Å². The summed E-state index contributed by atoms with van der Waals surface area (Å²) in [6, 6.07) is 0. The standard InChI is InChI=1S/C9H15N3O3/c1-2-3-11-5-9(15)12(4-7(10)13)6-8(11)14/h2-6H2,1H3,(H2,10,13). The molecule has 1 heterocycles. The molecule has 1 fully saturated rings. The summed E-state index contributed by atoms with van der Waals surface area (Å²) in [7, 11) is 0. The lowest BCUT2D eigenvalue weighted by atomic mass is 10.2. The zero-order valence-corrected chi connectivity index (χ0v) is 8.73. The van der Waals surface area contributed by atoms with Crippen molar-refractivity contribution in [3.63, 3.8) is 0 Å². The summed E-state index contributed by atoms with van der Waals surface area (Å²) in [4.78, 5) is 36.3. The van der Waals surface area contributed by atoms with Gasteiger partial charge in [-0.25, -0.2) is 0 Å². The van der Waals surface area contributed by atoms with Gasteiger partial charge in [0.25, 0.3) is 0 Å². The number of rotatable bonds is 4. The third kappa shape index (κ3) is 2.93. The van der Waals surface area contributed by atoms with Crippen LogP contribution in [0.15, 0.2) is 0 Å². The van der Waals surface area contributed by atoms with Crippen molar-refractivity contribution < 1.29 is 14.4 Å². The molecule has 0 aliphatic carbocycles. The van der Waals surface area contributed by atoms with E-state index in [9.17, 15) is 14.4 Å². The third-order valence-electron chi connectivity index (χ3n) is 2.20. The molecule has 0 radical (unpaired) electrons. The number of piperazine rings is 1. The maximum Gasteiger partial charge on any atom is 0.243 e. The Morgan fingerprint density at radius 1 is 1.27 bits per heavy atom. The van der Waals surface area contributed by atoms with Crippen molar-refractivity contribution in [2.24, 2.45) is 5.73 Å². The number of amides is 3. The smallest absolute Gasteiger partial charge is 0.243 e. The molecule has 2 N–H and O–H groups in total. The number of carbonyl (C=O) groups excluding carboxylic acids is 3. The van der Waals surface area contributed by atoms with E-state index in [1.807, 2.05) is 6.92 Å². The van der Waals surface area contributed by atoms with Crippen LogP contribution in [-0.2, 0) is 14.4 Å². The van der Waals surface area contributed by atoms with Crippen molar-refractivity contribution in [2.45, 2.75) is 13.3 Å². The average Bonchev–Trinajstić information content (AvgIpc) is 2.13. The molecule has 1 aliphatic heterocycles. The molecule has 1 saturated heterocycles. The van der Waals surface area contributed by atoms with E-state index in [2.05, 4.69) is 0 Å².